The lowest BCUT2D eigenvalue weighted by Crippen LogP contribution is -2.45. The molecule has 0 aromatic rings. The summed E-state index contributed by atoms with van der Waals surface area (Å²) in [5.41, 5.74) is 0. The van der Waals surface area contributed by atoms with Gasteiger partial charge in [0.15, 0.2) is 0 Å². The summed E-state index contributed by atoms with van der Waals surface area (Å²) in [6.07, 6.45) is 4.68. The summed E-state index contributed by atoms with van der Waals surface area (Å²) in [7, 11) is 1.89. The number of likely N-dealkylation sites (N-methyl/N-ethyl adjacent to an activating group) is 1. The number of hydrogen-bond acceptors (Lipinski definition) is 4. The standard InChI is InChI=1S/C13H25N3O2/c1-15(12-4-5-12)13(18)10-16(7-8-17)9-11-3-2-6-14-11/h11-12,14,17H,2-10H2,1H3. The molecular weight excluding hydrogens is 230 g/mol. The maximum absolute atomic E-state index is 12.1. The molecule has 0 aromatic heterocycles. The smallest absolute Gasteiger partial charge is 0.236 e. The van der Waals surface area contributed by atoms with E-state index in [4.69, 9.17) is 5.11 Å². The molecule has 2 aliphatic rings. The van der Waals surface area contributed by atoms with Gasteiger partial charge >= 0.3 is 0 Å². The van der Waals surface area contributed by atoms with Crippen LogP contribution in [0.2, 0.25) is 0 Å². The molecule has 5 nitrogen and oxygen atoms in total. The first-order chi connectivity index (χ1) is 8.70. The van der Waals surface area contributed by atoms with Crippen molar-refractivity contribution in [3.63, 3.8) is 0 Å². The minimum atomic E-state index is 0.118. The highest BCUT2D eigenvalue weighted by molar-refractivity contribution is 5.78. The summed E-state index contributed by atoms with van der Waals surface area (Å²) in [6, 6.07) is 0.952. The normalized spacial score (nSPS) is 23.6. The average molecular weight is 255 g/mol. The van der Waals surface area contributed by atoms with Crippen molar-refractivity contribution < 1.29 is 9.90 Å². The van der Waals surface area contributed by atoms with Crippen LogP contribution in [0.25, 0.3) is 0 Å². The first-order valence-electron chi connectivity index (χ1n) is 7.03. The highest BCUT2D eigenvalue weighted by Gasteiger charge is 2.30. The molecule has 104 valence electrons. The van der Waals surface area contributed by atoms with Gasteiger partial charge in [-0.1, -0.05) is 0 Å². The fraction of sp³-hybridized carbons (Fsp3) is 0.923. The van der Waals surface area contributed by atoms with Crippen molar-refractivity contribution in [2.24, 2.45) is 0 Å². The van der Waals surface area contributed by atoms with Gasteiger partial charge in [-0.05, 0) is 32.2 Å². The number of nitrogens with one attached hydrogen (secondary N) is 1. The lowest BCUT2D eigenvalue weighted by atomic mass is 10.2. The van der Waals surface area contributed by atoms with Crippen molar-refractivity contribution in [2.45, 2.75) is 37.8 Å². The van der Waals surface area contributed by atoms with Gasteiger partial charge in [0.1, 0.15) is 0 Å². The highest BCUT2D eigenvalue weighted by atomic mass is 16.3. The topological polar surface area (TPSA) is 55.8 Å². The third-order valence-corrected chi connectivity index (χ3v) is 3.90. The Balaban J connectivity index is 1.78. The first-order valence-corrected chi connectivity index (χ1v) is 7.03. The van der Waals surface area contributed by atoms with Crippen LogP contribution >= 0.6 is 0 Å². The van der Waals surface area contributed by atoms with Crippen LogP contribution in [0.15, 0.2) is 0 Å². The molecule has 1 aliphatic heterocycles. The van der Waals surface area contributed by atoms with E-state index < -0.39 is 0 Å². The summed E-state index contributed by atoms with van der Waals surface area (Å²) in [5, 5.41) is 12.5. The van der Waals surface area contributed by atoms with Crippen LogP contribution in [-0.4, -0.2) is 72.7 Å². The van der Waals surface area contributed by atoms with Crippen molar-refractivity contribution in [2.75, 3.05) is 39.8 Å². The molecule has 2 N–H and O–H groups in total. The third kappa shape index (κ3) is 3.93. The van der Waals surface area contributed by atoms with Gasteiger partial charge in [0, 0.05) is 32.2 Å². The van der Waals surface area contributed by atoms with Crippen molar-refractivity contribution in [3.05, 3.63) is 0 Å². The van der Waals surface area contributed by atoms with Crippen LogP contribution in [0.3, 0.4) is 0 Å². The van der Waals surface area contributed by atoms with Gasteiger partial charge in [-0.3, -0.25) is 9.69 Å². The van der Waals surface area contributed by atoms with E-state index in [0.29, 0.717) is 25.2 Å². The van der Waals surface area contributed by atoms with Crippen LogP contribution in [-0.2, 0) is 4.79 Å². The summed E-state index contributed by atoms with van der Waals surface area (Å²) in [5.74, 6) is 0.184. The lowest BCUT2D eigenvalue weighted by molar-refractivity contribution is -0.131. The second-order valence-electron chi connectivity index (χ2n) is 5.49. The van der Waals surface area contributed by atoms with E-state index >= 15 is 0 Å². The molecule has 0 bridgehead atoms. The Hall–Kier alpha value is -0.650. The lowest BCUT2D eigenvalue weighted by Gasteiger charge is -2.26. The Morgan fingerprint density at radius 1 is 1.39 bits per heavy atom. The zero-order valence-electron chi connectivity index (χ0n) is 11.3. The minimum absolute atomic E-state index is 0.118. The molecule has 0 aromatic carbocycles. The van der Waals surface area contributed by atoms with Crippen LogP contribution in [0.4, 0.5) is 0 Å². The Morgan fingerprint density at radius 3 is 2.72 bits per heavy atom. The van der Waals surface area contributed by atoms with Gasteiger partial charge < -0.3 is 15.3 Å². The van der Waals surface area contributed by atoms with E-state index in [0.717, 1.165) is 25.9 Å². The summed E-state index contributed by atoms with van der Waals surface area (Å²) >= 11 is 0. The number of amides is 1. The highest BCUT2D eigenvalue weighted by Crippen LogP contribution is 2.25. The molecule has 1 aliphatic carbocycles. The van der Waals surface area contributed by atoms with Crippen LogP contribution in [0.1, 0.15) is 25.7 Å². The number of aliphatic hydroxyl groups is 1. The third-order valence-electron chi connectivity index (χ3n) is 3.90. The maximum Gasteiger partial charge on any atom is 0.236 e. The van der Waals surface area contributed by atoms with Gasteiger partial charge in [-0.15, -0.1) is 0 Å². The summed E-state index contributed by atoms with van der Waals surface area (Å²) in [4.78, 5) is 16.0. The molecule has 1 saturated carbocycles. The average Bonchev–Trinajstić information content (AvgIpc) is 3.07. The predicted octanol–water partition coefficient (Wildman–Crippen LogP) is -0.346. The summed E-state index contributed by atoms with van der Waals surface area (Å²) in [6.45, 7) is 3.08. The van der Waals surface area contributed by atoms with E-state index in [1.807, 2.05) is 11.9 Å². The molecule has 2 fully saturated rings. The van der Waals surface area contributed by atoms with Crippen molar-refractivity contribution in [3.8, 4) is 0 Å². The van der Waals surface area contributed by atoms with E-state index in [1.54, 1.807) is 0 Å². The molecule has 1 saturated heterocycles. The van der Waals surface area contributed by atoms with Crippen molar-refractivity contribution >= 4 is 5.91 Å². The van der Waals surface area contributed by atoms with Crippen LogP contribution in [0, 0.1) is 0 Å². The molecule has 1 heterocycles. The molecule has 0 radical (unpaired) electrons. The van der Waals surface area contributed by atoms with E-state index in [9.17, 15) is 4.79 Å². The van der Waals surface area contributed by atoms with Gasteiger partial charge in [0.25, 0.3) is 0 Å². The number of hydrogen-bond donors (Lipinski definition) is 2. The van der Waals surface area contributed by atoms with Crippen LogP contribution in [0.5, 0.6) is 0 Å². The SMILES string of the molecule is CN(C(=O)CN(CCO)CC1CCCN1)C1CC1. The molecule has 1 amide bonds. The maximum atomic E-state index is 12.1. The summed E-state index contributed by atoms with van der Waals surface area (Å²) < 4.78 is 0. The quantitative estimate of drug-likeness (QED) is 0.653. The van der Waals surface area contributed by atoms with Gasteiger partial charge in [-0.2, -0.15) is 0 Å². The largest absolute Gasteiger partial charge is 0.395 e. The van der Waals surface area contributed by atoms with Crippen LogP contribution < -0.4 is 5.32 Å². The van der Waals surface area contributed by atoms with Gasteiger partial charge in [0.05, 0.1) is 13.2 Å². The Morgan fingerprint density at radius 2 is 2.17 bits per heavy atom. The van der Waals surface area contributed by atoms with E-state index in [2.05, 4.69) is 10.2 Å². The van der Waals surface area contributed by atoms with Gasteiger partial charge in [-0.25, -0.2) is 0 Å². The van der Waals surface area contributed by atoms with Gasteiger partial charge in [0.2, 0.25) is 5.91 Å². The van der Waals surface area contributed by atoms with E-state index in [1.165, 1.54) is 12.8 Å². The molecule has 2 rings (SSSR count). The molecule has 0 spiro atoms. The molecule has 1 unspecified atom stereocenters. The van der Waals surface area contributed by atoms with Crippen molar-refractivity contribution in [1.29, 1.82) is 0 Å². The Kier molecular flexibility index (Phi) is 4.97. The molecular formula is C13H25N3O2. The second kappa shape index (κ2) is 6.50. The number of carbonyl (C=O) groups is 1. The minimum Gasteiger partial charge on any atom is -0.395 e. The fourth-order valence-corrected chi connectivity index (χ4v) is 2.57. The fourth-order valence-electron chi connectivity index (χ4n) is 2.57. The number of aliphatic hydroxyl groups excluding tert-OH is 1. The number of nitrogens with zero attached hydrogens (tertiary/aromatic N) is 2. The Bertz CT molecular complexity index is 275. The zero-order valence-corrected chi connectivity index (χ0v) is 11.3. The predicted molar refractivity (Wildman–Crippen MR) is 70.3 cm³/mol. The zero-order chi connectivity index (χ0) is 13.0. The first kappa shape index (κ1) is 13.8. The number of rotatable bonds is 7. The molecule has 18 heavy (non-hydrogen) atoms. The second-order valence-corrected chi connectivity index (χ2v) is 5.49. The number of carbonyl (C=O) groups excluding carboxylic acids is 1. The van der Waals surface area contributed by atoms with E-state index in [-0.39, 0.29) is 12.5 Å². The molecule has 5 heteroatoms. The monoisotopic (exact) mass is 255 g/mol. The Labute approximate surface area is 109 Å². The molecule has 1 atom stereocenters. The van der Waals surface area contributed by atoms with Crippen molar-refractivity contribution in [1.82, 2.24) is 15.1 Å².